The summed E-state index contributed by atoms with van der Waals surface area (Å²) in [6, 6.07) is 13.3. The maximum Gasteiger partial charge on any atom is 0.416 e. The van der Waals surface area contributed by atoms with Crippen molar-refractivity contribution in [2.24, 2.45) is 4.99 Å². The summed E-state index contributed by atoms with van der Waals surface area (Å²) >= 11 is 1.37. The number of ether oxygens (including phenoxy) is 2. The summed E-state index contributed by atoms with van der Waals surface area (Å²) < 4.78 is 54.9. The molecule has 1 amide bonds. The van der Waals surface area contributed by atoms with Gasteiger partial charge >= 0.3 is 6.18 Å². The van der Waals surface area contributed by atoms with Crippen LogP contribution in [0.15, 0.2) is 59.7 Å². The molecule has 42 heavy (non-hydrogen) atoms. The number of rotatable bonds is 8. The van der Waals surface area contributed by atoms with Gasteiger partial charge in [-0.3, -0.25) is 9.69 Å². The summed E-state index contributed by atoms with van der Waals surface area (Å²) in [4.78, 5) is 21.7. The largest absolute Gasteiger partial charge is 0.491 e. The van der Waals surface area contributed by atoms with E-state index in [0.29, 0.717) is 18.0 Å². The Bertz CT molecular complexity index is 1440. The third kappa shape index (κ3) is 7.51. The third-order valence-corrected chi connectivity index (χ3v) is 9.22. The molecular weight excluding hydrogens is 563 g/mol. The molecule has 0 aliphatic carbocycles. The first-order chi connectivity index (χ1) is 20.0. The van der Waals surface area contributed by atoms with Gasteiger partial charge in [0.2, 0.25) is 0 Å². The quantitative estimate of drug-likeness (QED) is 0.284. The number of nitrogens with zero attached hydrogens (tertiary/aromatic N) is 3. The van der Waals surface area contributed by atoms with E-state index in [1.54, 1.807) is 0 Å². The first-order valence-electron chi connectivity index (χ1n) is 14.5. The first-order valence-corrected chi connectivity index (χ1v) is 15.3. The van der Waals surface area contributed by atoms with Gasteiger partial charge in [-0.25, -0.2) is 0 Å². The molecule has 0 unspecified atom stereocenters. The highest BCUT2D eigenvalue weighted by Crippen LogP contribution is 2.34. The molecule has 0 N–H and O–H groups in total. The second kappa shape index (κ2) is 12.7. The van der Waals surface area contributed by atoms with Crippen LogP contribution in [0, 0.1) is 0 Å². The molecule has 5 rings (SSSR count). The zero-order chi connectivity index (χ0) is 29.9. The Morgan fingerprint density at radius 3 is 2.57 bits per heavy atom. The summed E-state index contributed by atoms with van der Waals surface area (Å²) in [6.07, 6.45) is 1.19. The lowest BCUT2D eigenvalue weighted by atomic mass is 9.95. The van der Waals surface area contributed by atoms with Crippen molar-refractivity contribution in [1.29, 1.82) is 0 Å². The van der Waals surface area contributed by atoms with Gasteiger partial charge in [-0.1, -0.05) is 51.1 Å². The standard InChI is InChI=1S/C32H38F3N3O3S/c1-31(2,3)28-20-38(19-25-12-8-16-40-25)30(42-28)36-29(39)26-17-23(32(33,34)35)13-14-27(26)41-21-24-11-7-15-37(24)18-22-9-5-4-6-10-22/h4-6,9-10,13-14,17,20,24-25H,7-8,11-12,15-16,18-19,21H2,1-3H3/b36-30-/t24-,25-/m0/s1. The molecule has 0 spiro atoms. The number of carbonyl (C=O) groups is 1. The summed E-state index contributed by atoms with van der Waals surface area (Å²) in [6.45, 7) is 9.39. The average Bonchev–Trinajstić information content (AvgIpc) is 3.70. The number of aromatic nitrogens is 1. The van der Waals surface area contributed by atoms with Crippen molar-refractivity contribution in [3.8, 4) is 5.75 Å². The average molecular weight is 602 g/mol. The van der Waals surface area contributed by atoms with Gasteiger partial charge in [0.05, 0.1) is 23.8 Å². The Kier molecular flexibility index (Phi) is 9.25. The number of benzene rings is 2. The SMILES string of the molecule is CC(C)(C)c1cn(C[C@@H]2CCCO2)/c(=N/C(=O)c2cc(C(F)(F)F)ccc2OC[C@@H]2CCCN2Cc2ccccc2)s1. The number of halogens is 3. The zero-order valence-corrected chi connectivity index (χ0v) is 25.1. The number of amides is 1. The summed E-state index contributed by atoms with van der Waals surface area (Å²) in [5.41, 5.74) is -0.0898. The van der Waals surface area contributed by atoms with E-state index >= 15 is 0 Å². The molecule has 2 aromatic carbocycles. The van der Waals surface area contributed by atoms with Gasteiger partial charge < -0.3 is 14.0 Å². The number of likely N-dealkylation sites (tertiary alicyclic amines) is 1. The lowest BCUT2D eigenvalue weighted by molar-refractivity contribution is -0.137. The van der Waals surface area contributed by atoms with Gasteiger partial charge in [-0.15, -0.1) is 11.3 Å². The second-order valence-corrected chi connectivity index (χ2v) is 13.1. The van der Waals surface area contributed by atoms with Crippen LogP contribution in [-0.2, 0) is 29.4 Å². The van der Waals surface area contributed by atoms with Crippen LogP contribution >= 0.6 is 11.3 Å². The van der Waals surface area contributed by atoms with Gasteiger partial charge in [0.25, 0.3) is 5.91 Å². The fourth-order valence-corrected chi connectivity index (χ4v) is 6.45. The van der Waals surface area contributed by atoms with Crippen molar-refractivity contribution in [2.75, 3.05) is 19.8 Å². The van der Waals surface area contributed by atoms with Crippen LogP contribution in [0.2, 0.25) is 0 Å². The van der Waals surface area contributed by atoms with Gasteiger partial charge in [0.1, 0.15) is 12.4 Å². The summed E-state index contributed by atoms with van der Waals surface area (Å²) in [7, 11) is 0. The molecule has 2 aliphatic rings. The topological polar surface area (TPSA) is 56.1 Å². The Morgan fingerprint density at radius 2 is 1.88 bits per heavy atom. The van der Waals surface area contributed by atoms with Gasteiger partial charge in [-0.2, -0.15) is 18.2 Å². The zero-order valence-electron chi connectivity index (χ0n) is 24.3. The van der Waals surface area contributed by atoms with Gasteiger partial charge in [0, 0.05) is 30.3 Å². The fraction of sp³-hybridized carbons (Fsp3) is 0.500. The number of hydrogen-bond donors (Lipinski definition) is 0. The van der Waals surface area contributed by atoms with Crippen molar-refractivity contribution in [3.05, 3.63) is 81.1 Å². The maximum atomic E-state index is 13.7. The Hall–Kier alpha value is -2.95. The van der Waals surface area contributed by atoms with Crippen LogP contribution in [0.5, 0.6) is 5.75 Å². The molecule has 0 radical (unpaired) electrons. The normalized spacial score (nSPS) is 20.4. The van der Waals surface area contributed by atoms with Crippen molar-refractivity contribution in [1.82, 2.24) is 9.47 Å². The van der Waals surface area contributed by atoms with Crippen LogP contribution in [0.1, 0.15) is 72.8 Å². The van der Waals surface area contributed by atoms with Crippen LogP contribution in [0.25, 0.3) is 0 Å². The van der Waals surface area contributed by atoms with Crippen molar-refractivity contribution < 1.29 is 27.4 Å². The van der Waals surface area contributed by atoms with Crippen LogP contribution in [0.4, 0.5) is 13.2 Å². The highest BCUT2D eigenvalue weighted by atomic mass is 32.1. The van der Waals surface area contributed by atoms with Crippen LogP contribution in [-0.4, -0.2) is 47.3 Å². The molecule has 2 aliphatic heterocycles. The lowest BCUT2D eigenvalue weighted by Gasteiger charge is -2.25. The molecular formula is C32H38F3N3O3S. The molecule has 2 atom stereocenters. The summed E-state index contributed by atoms with van der Waals surface area (Å²) in [5, 5.41) is 0. The predicted octanol–water partition coefficient (Wildman–Crippen LogP) is 6.83. The van der Waals surface area contributed by atoms with Gasteiger partial charge in [-0.05, 0) is 61.4 Å². The minimum atomic E-state index is -4.60. The Balaban J connectivity index is 1.42. The monoisotopic (exact) mass is 601 g/mol. The lowest BCUT2D eigenvalue weighted by Crippen LogP contribution is -2.33. The molecule has 0 bridgehead atoms. The van der Waals surface area contributed by atoms with Crippen molar-refractivity contribution in [3.63, 3.8) is 0 Å². The fourth-order valence-electron chi connectivity index (χ4n) is 5.39. The number of carbonyl (C=O) groups excluding carboxylic acids is 1. The minimum absolute atomic E-state index is 0.0131. The van der Waals surface area contributed by atoms with Crippen molar-refractivity contribution >= 4 is 17.2 Å². The molecule has 2 fully saturated rings. The maximum absolute atomic E-state index is 13.7. The molecule has 1 aromatic heterocycles. The van der Waals surface area contributed by atoms with E-state index < -0.39 is 17.6 Å². The van der Waals surface area contributed by atoms with Gasteiger partial charge in [0.15, 0.2) is 4.80 Å². The molecule has 0 saturated carbocycles. The minimum Gasteiger partial charge on any atom is -0.491 e. The first kappa shape index (κ1) is 30.5. The molecule has 10 heteroatoms. The van der Waals surface area contributed by atoms with E-state index in [0.717, 1.165) is 55.8 Å². The second-order valence-electron chi connectivity index (χ2n) is 12.1. The Labute approximate surface area is 248 Å². The van der Waals surface area contributed by atoms with Crippen LogP contribution < -0.4 is 9.54 Å². The van der Waals surface area contributed by atoms with Crippen molar-refractivity contribution in [2.45, 2.75) is 83.3 Å². The molecule has 3 heterocycles. The number of alkyl halides is 3. The number of hydrogen-bond acceptors (Lipinski definition) is 5. The summed E-state index contributed by atoms with van der Waals surface area (Å²) in [5.74, 6) is -0.645. The van der Waals surface area contributed by atoms with Crippen LogP contribution in [0.3, 0.4) is 0 Å². The van der Waals surface area contributed by atoms with E-state index in [1.807, 2.05) is 29.0 Å². The molecule has 3 aromatic rings. The molecule has 2 saturated heterocycles. The van der Waals surface area contributed by atoms with E-state index in [2.05, 4.69) is 42.8 Å². The van der Waals surface area contributed by atoms with E-state index in [-0.39, 0.29) is 35.5 Å². The Morgan fingerprint density at radius 1 is 1.10 bits per heavy atom. The third-order valence-electron chi connectivity index (χ3n) is 7.78. The highest BCUT2D eigenvalue weighted by molar-refractivity contribution is 7.09. The molecule has 6 nitrogen and oxygen atoms in total. The smallest absolute Gasteiger partial charge is 0.416 e. The number of thiazole rings is 1. The molecule has 226 valence electrons. The highest BCUT2D eigenvalue weighted by Gasteiger charge is 2.33. The predicted molar refractivity (Wildman–Crippen MR) is 157 cm³/mol. The van der Waals surface area contributed by atoms with E-state index in [4.69, 9.17) is 9.47 Å². The van der Waals surface area contributed by atoms with E-state index in [1.165, 1.54) is 23.0 Å². The van der Waals surface area contributed by atoms with E-state index in [9.17, 15) is 18.0 Å².